The minimum absolute atomic E-state index is 0.0566. The lowest BCUT2D eigenvalue weighted by Crippen LogP contribution is -2.37. The highest BCUT2D eigenvalue weighted by Crippen LogP contribution is 2.30. The summed E-state index contributed by atoms with van der Waals surface area (Å²) in [5.41, 5.74) is 2.98. The lowest BCUT2D eigenvalue weighted by atomic mass is 10.1. The second kappa shape index (κ2) is 18.6. The van der Waals surface area contributed by atoms with E-state index in [9.17, 15) is 31.1 Å². The van der Waals surface area contributed by atoms with Crippen molar-refractivity contribution in [2.75, 3.05) is 73.0 Å². The summed E-state index contributed by atoms with van der Waals surface area (Å²) in [6, 6.07) is 21.1. The molecule has 0 unspecified atom stereocenters. The molecule has 2 aromatic heterocycles. The Bertz CT molecular complexity index is 2150. The first-order valence-electron chi connectivity index (χ1n) is 17.6. The van der Waals surface area contributed by atoms with Gasteiger partial charge in [-0.15, -0.1) is 26.3 Å². The Morgan fingerprint density at radius 2 is 1.12 bits per heavy atom. The fourth-order valence-corrected chi connectivity index (χ4v) is 5.78. The van der Waals surface area contributed by atoms with E-state index in [1.54, 1.807) is 24.3 Å². The monoisotopic (exact) mass is 832 g/mol. The maximum Gasteiger partial charge on any atom is 0.573 e. The predicted molar refractivity (Wildman–Crippen MR) is 203 cm³/mol. The molecule has 2 aliphatic heterocycles. The molecule has 0 bridgehead atoms. The van der Waals surface area contributed by atoms with Crippen LogP contribution in [0.4, 0.5) is 61.2 Å². The molecule has 0 atom stereocenters. The number of rotatable bonds is 10. The van der Waals surface area contributed by atoms with E-state index in [1.807, 2.05) is 15.9 Å². The summed E-state index contributed by atoms with van der Waals surface area (Å²) in [6.45, 7) is 6.33. The summed E-state index contributed by atoms with van der Waals surface area (Å²) in [5, 5.41) is 6.35. The first-order chi connectivity index (χ1) is 27.7. The molecule has 2 fully saturated rings. The van der Waals surface area contributed by atoms with Gasteiger partial charge in [-0.1, -0.05) is 29.8 Å². The topological polar surface area (TPSA) is 136 Å². The molecular weight excluding hydrogens is 798 g/mol. The molecule has 0 spiro atoms. The molecule has 2 aliphatic rings. The third-order valence-electron chi connectivity index (χ3n) is 8.27. The van der Waals surface area contributed by atoms with Crippen LogP contribution in [0.3, 0.4) is 0 Å². The quantitative estimate of drug-likeness (QED) is 0.0793. The molecule has 0 amide bonds. The van der Waals surface area contributed by atoms with Gasteiger partial charge < -0.3 is 39.4 Å². The first-order valence-corrected chi connectivity index (χ1v) is 18.0. The van der Waals surface area contributed by atoms with Crippen molar-refractivity contribution in [1.29, 1.82) is 0 Å². The van der Waals surface area contributed by atoms with Crippen LogP contribution in [-0.4, -0.2) is 91.1 Å². The average Bonchev–Trinajstić information content (AvgIpc) is 3.19. The van der Waals surface area contributed by atoms with Crippen molar-refractivity contribution in [1.82, 2.24) is 19.9 Å². The van der Waals surface area contributed by atoms with E-state index < -0.39 is 12.7 Å². The number of hydrogen-bond donors (Lipinski definition) is 2. The van der Waals surface area contributed by atoms with Crippen LogP contribution in [0.1, 0.15) is 17.3 Å². The Morgan fingerprint density at radius 3 is 1.59 bits per heavy atom. The van der Waals surface area contributed by atoms with Crippen LogP contribution in [0.15, 0.2) is 84.9 Å². The number of ketones is 1. The molecular formula is C38H35ClF6N8O5. The van der Waals surface area contributed by atoms with Gasteiger partial charge in [0.1, 0.15) is 28.3 Å². The van der Waals surface area contributed by atoms with Gasteiger partial charge in [0, 0.05) is 60.8 Å². The van der Waals surface area contributed by atoms with Crippen LogP contribution in [0, 0.1) is 0 Å². The Kier molecular flexibility index (Phi) is 13.3. The first kappa shape index (κ1) is 41.7. The fraction of sp³-hybridized carbons (Fsp3) is 0.289. The molecule has 13 nitrogen and oxygen atoms in total. The van der Waals surface area contributed by atoms with E-state index in [0.717, 1.165) is 5.56 Å². The van der Waals surface area contributed by atoms with E-state index in [0.29, 0.717) is 98.8 Å². The normalized spacial score (nSPS) is 14.6. The lowest BCUT2D eigenvalue weighted by molar-refractivity contribution is -0.275. The number of benzene rings is 3. The van der Waals surface area contributed by atoms with Gasteiger partial charge in [0.05, 0.1) is 32.1 Å². The fourth-order valence-electron chi connectivity index (χ4n) is 5.60. The molecule has 0 aliphatic carbocycles. The van der Waals surface area contributed by atoms with E-state index >= 15 is 0 Å². The van der Waals surface area contributed by atoms with Crippen molar-refractivity contribution in [3.8, 4) is 22.8 Å². The van der Waals surface area contributed by atoms with Crippen molar-refractivity contribution >= 4 is 52.3 Å². The zero-order valence-electron chi connectivity index (χ0n) is 30.6. The SMILES string of the molecule is CC(=O)c1cccc(-c2cc(Nc3ccc(OC(F)(F)F)cc3)nc(N3CCOCC3)n2)c1.FC(F)(F)Oc1ccc(Nc2cc(Cl)nc(N3CCOCC3)n2)cc1. The second-order valence-electron chi connectivity index (χ2n) is 12.5. The van der Waals surface area contributed by atoms with Crippen LogP contribution >= 0.6 is 11.6 Å². The van der Waals surface area contributed by atoms with E-state index in [2.05, 4.69) is 40.0 Å². The van der Waals surface area contributed by atoms with Gasteiger partial charge in [-0.2, -0.15) is 9.97 Å². The van der Waals surface area contributed by atoms with Crippen molar-refractivity contribution in [2.24, 2.45) is 0 Å². The number of ether oxygens (including phenoxy) is 4. The molecule has 0 radical (unpaired) electrons. The summed E-state index contributed by atoms with van der Waals surface area (Å²) < 4.78 is 92.2. The number of morpholine rings is 2. The zero-order chi connectivity index (χ0) is 41.3. The molecule has 7 rings (SSSR count). The lowest BCUT2D eigenvalue weighted by Gasteiger charge is -2.27. The van der Waals surface area contributed by atoms with Gasteiger partial charge in [-0.3, -0.25) is 4.79 Å². The predicted octanol–water partition coefficient (Wildman–Crippen LogP) is 8.43. The van der Waals surface area contributed by atoms with Gasteiger partial charge in [-0.25, -0.2) is 9.97 Å². The number of carbonyl (C=O) groups is 1. The highest BCUT2D eigenvalue weighted by atomic mass is 35.5. The Balaban J connectivity index is 0.000000203. The average molecular weight is 833 g/mol. The highest BCUT2D eigenvalue weighted by Gasteiger charge is 2.32. The Hall–Kier alpha value is -5.92. The molecule has 58 heavy (non-hydrogen) atoms. The van der Waals surface area contributed by atoms with Crippen LogP contribution in [-0.2, 0) is 9.47 Å². The van der Waals surface area contributed by atoms with Gasteiger partial charge in [0.15, 0.2) is 5.78 Å². The smallest absolute Gasteiger partial charge is 0.406 e. The third kappa shape index (κ3) is 12.5. The largest absolute Gasteiger partial charge is 0.573 e. The number of carbonyl (C=O) groups excluding carboxylic acids is 1. The minimum atomic E-state index is -4.75. The molecule has 20 heteroatoms. The summed E-state index contributed by atoms with van der Waals surface area (Å²) in [5.74, 6) is 1.18. The number of anilines is 6. The third-order valence-corrected chi connectivity index (χ3v) is 8.46. The Labute approximate surface area is 332 Å². The van der Waals surface area contributed by atoms with Crippen LogP contribution in [0.25, 0.3) is 11.3 Å². The molecule has 2 N–H and O–H groups in total. The zero-order valence-corrected chi connectivity index (χ0v) is 31.4. The number of Topliss-reactive ketones (excluding diaryl/α,β-unsaturated/α-hetero) is 1. The van der Waals surface area contributed by atoms with Gasteiger partial charge in [-0.05, 0) is 61.5 Å². The van der Waals surface area contributed by atoms with Crippen LogP contribution in [0.2, 0.25) is 5.15 Å². The maximum atomic E-state index is 12.4. The molecule has 306 valence electrons. The summed E-state index contributed by atoms with van der Waals surface area (Å²) in [4.78, 5) is 33.6. The van der Waals surface area contributed by atoms with E-state index in [4.69, 9.17) is 21.1 Å². The van der Waals surface area contributed by atoms with Crippen molar-refractivity contribution in [3.05, 3.63) is 95.6 Å². The van der Waals surface area contributed by atoms with Crippen LogP contribution < -0.4 is 29.9 Å². The van der Waals surface area contributed by atoms with Crippen molar-refractivity contribution < 1.29 is 50.1 Å². The summed E-state index contributed by atoms with van der Waals surface area (Å²) in [6.07, 6.45) is -9.47. The number of nitrogens with zero attached hydrogens (tertiary/aromatic N) is 6. The van der Waals surface area contributed by atoms with Crippen molar-refractivity contribution in [2.45, 2.75) is 19.6 Å². The highest BCUT2D eigenvalue weighted by molar-refractivity contribution is 6.29. The second-order valence-corrected chi connectivity index (χ2v) is 12.9. The van der Waals surface area contributed by atoms with E-state index in [1.165, 1.54) is 61.5 Å². The molecule has 3 aromatic carbocycles. The van der Waals surface area contributed by atoms with Gasteiger partial charge in [0.2, 0.25) is 11.9 Å². The van der Waals surface area contributed by atoms with E-state index in [-0.39, 0.29) is 22.4 Å². The Morgan fingerprint density at radius 1 is 0.655 bits per heavy atom. The molecule has 4 heterocycles. The number of nitrogens with one attached hydrogen (secondary N) is 2. The number of hydrogen-bond acceptors (Lipinski definition) is 13. The van der Waals surface area contributed by atoms with Crippen molar-refractivity contribution in [3.63, 3.8) is 0 Å². The molecule has 0 saturated carbocycles. The van der Waals surface area contributed by atoms with Gasteiger partial charge in [0.25, 0.3) is 0 Å². The summed E-state index contributed by atoms with van der Waals surface area (Å²) >= 11 is 6.04. The molecule has 2 saturated heterocycles. The standard InChI is InChI=1S/C23H21F3N4O3.C15H14ClF3N4O2/c1-15(31)16-3-2-4-17(13-16)20-14-21(29-22(28-20)30-9-11-32-12-10-30)27-18-5-7-19(8-6-18)33-23(24,25)26;16-12-9-13(22-14(21-12)23-5-7-24-8-6-23)20-10-1-3-11(4-2-10)25-15(17,18)19/h2-8,13-14H,9-12H2,1H3,(H,27,28,29);1-4,9H,5-8H2,(H,20,21,22). The molecule has 5 aromatic rings. The number of halogens is 7. The van der Waals surface area contributed by atoms with Crippen LogP contribution in [0.5, 0.6) is 11.5 Å². The number of alkyl halides is 6. The summed E-state index contributed by atoms with van der Waals surface area (Å²) in [7, 11) is 0. The number of aromatic nitrogens is 4. The van der Waals surface area contributed by atoms with Gasteiger partial charge >= 0.3 is 12.7 Å². The minimum Gasteiger partial charge on any atom is -0.406 e. The maximum absolute atomic E-state index is 12.4.